The molecule has 0 radical (unpaired) electrons. The second-order valence-electron chi connectivity index (χ2n) is 5.36. The molecule has 0 atom stereocenters. The largest absolute Gasteiger partial charge is 0.394 e. The van der Waals surface area contributed by atoms with Crippen molar-refractivity contribution in [2.75, 3.05) is 39.6 Å². The standard InChI is InChI=1S/C8H18O.2C3H8O3/c1-7(2)5-9-6-8(3)4;2*4-1-3(6)2-5/h7-8H,5-6H2,1-4H3;2*3-6H,1-2H2. The molecule has 0 aliphatic carbocycles. The number of rotatable bonds is 8. The molecular weight excluding hydrogens is 280 g/mol. The van der Waals surface area contributed by atoms with Crippen LogP contribution in [0.3, 0.4) is 0 Å². The highest BCUT2D eigenvalue weighted by atomic mass is 16.5. The lowest BCUT2D eigenvalue weighted by atomic mass is 10.2. The Labute approximate surface area is 127 Å². The van der Waals surface area contributed by atoms with Crippen molar-refractivity contribution >= 4 is 0 Å². The van der Waals surface area contributed by atoms with Crippen LogP contribution in [0.4, 0.5) is 0 Å². The minimum absolute atomic E-state index is 0.365. The minimum Gasteiger partial charge on any atom is -0.394 e. The van der Waals surface area contributed by atoms with Crippen LogP contribution in [0.15, 0.2) is 0 Å². The third kappa shape index (κ3) is 32.9. The molecule has 7 heteroatoms. The van der Waals surface area contributed by atoms with Crippen molar-refractivity contribution in [3.8, 4) is 0 Å². The molecule has 7 nitrogen and oxygen atoms in total. The summed E-state index contributed by atoms with van der Waals surface area (Å²) in [7, 11) is 0. The summed E-state index contributed by atoms with van der Waals surface area (Å²) >= 11 is 0. The van der Waals surface area contributed by atoms with Gasteiger partial charge in [0.25, 0.3) is 0 Å². The Kier molecular flexibility index (Phi) is 24.1. The molecule has 6 N–H and O–H groups in total. The average Bonchev–Trinajstić information content (AvgIpc) is 2.45. The Balaban J connectivity index is -0.000000240. The molecule has 0 aromatic carbocycles. The van der Waals surface area contributed by atoms with Crippen molar-refractivity contribution in [2.45, 2.75) is 39.9 Å². The van der Waals surface area contributed by atoms with Crippen molar-refractivity contribution in [2.24, 2.45) is 11.8 Å². The van der Waals surface area contributed by atoms with Gasteiger partial charge in [0.2, 0.25) is 0 Å². The van der Waals surface area contributed by atoms with Crippen LogP contribution in [-0.4, -0.2) is 82.5 Å². The molecule has 0 amide bonds. The summed E-state index contributed by atoms with van der Waals surface area (Å²) in [6.45, 7) is 9.01. The van der Waals surface area contributed by atoms with Gasteiger partial charge in [-0.05, 0) is 11.8 Å². The maximum Gasteiger partial charge on any atom is 0.100 e. The molecule has 0 rings (SSSR count). The average molecular weight is 314 g/mol. The Morgan fingerprint density at radius 2 is 0.857 bits per heavy atom. The number of aliphatic hydroxyl groups excluding tert-OH is 6. The third-order valence-electron chi connectivity index (χ3n) is 1.75. The number of hydrogen-bond donors (Lipinski definition) is 6. The Morgan fingerprint density at radius 3 is 0.952 bits per heavy atom. The normalized spacial score (nSPS) is 10.6. The fourth-order valence-corrected chi connectivity index (χ4v) is 0.655. The van der Waals surface area contributed by atoms with Crippen molar-refractivity contribution < 1.29 is 35.4 Å². The summed E-state index contributed by atoms with van der Waals surface area (Å²) in [6.07, 6.45) is -1.91. The van der Waals surface area contributed by atoms with Gasteiger partial charge >= 0.3 is 0 Å². The molecule has 0 heterocycles. The fraction of sp³-hybridized carbons (Fsp3) is 1.00. The molecule has 0 unspecified atom stereocenters. The fourth-order valence-electron chi connectivity index (χ4n) is 0.655. The van der Waals surface area contributed by atoms with E-state index in [0.29, 0.717) is 11.8 Å². The minimum atomic E-state index is -0.954. The zero-order valence-electron chi connectivity index (χ0n) is 13.6. The quantitative estimate of drug-likeness (QED) is 0.338. The third-order valence-corrected chi connectivity index (χ3v) is 1.75. The first-order valence-corrected chi connectivity index (χ1v) is 7.12. The SMILES string of the molecule is CC(C)COCC(C)C.OCC(O)CO.OCC(O)CO. The van der Waals surface area contributed by atoms with Crippen LogP contribution in [0.25, 0.3) is 0 Å². The van der Waals surface area contributed by atoms with Gasteiger partial charge in [-0.2, -0.15) is 0 Å². The van der Waals surface area contributed by atoms with E-state index in [9.17, 15) is 0 Å². The molecule has 0 spiro atoms. The number of hydrogen-bond acceptors (Lipinski definition) is 7. The van der Waals surface area contributed by atoms with Crippen LogP contribution >= 0.6 is 0 Å². The molecule has 0 fully saturated rings. The van der Waals surface area contributed by atoms with Gasteiger partial charge < -0.3 is 35.4 Å². The molecule has 21 heavy (non-hydrogen) atoms. The van der Waals surface area contributed by atoms with Crippen LogP contribution in [0.5, 0.6) is 0 Å². The van der Waals surface area contributed by atoms with Gasteiger partial charge in [0, 0.05) is 13.2 Å². The first-order valence-electron chi connectivity index (χ1n) is 7.12. The van der Waals surface area contributed by atoms with Crippen molar-refractivity contribution in [3.05, 3.63) is 0 Å². The smallest absolute Gasteiger partial charge is 0.100 e. The van der Waals surface area contributed by atoms with Gasteiger partial charge in [-0.1, -0.05) is 27.7 Å². The molecule has 0 aliphatic heterocycles. The van der Waals surface area contributed by atoms with Crippen LogP contribution in [0.1, 0.15) is 27.7 Å². The van der Waals surface area contributed by atoms with Gasteiger partial charge in [0.1, 0.15) is 12.2 Å². The van der Waals surface area contributed by atoms with E-state index in [1.54, 1.807) is 0 Å². The highest BCUT2D eigenvalue weighted by Gasteiger charge is 1.95. The predicted molar refractivity (Wildman–Crippen MR) is 80.9 cm³/mol. The van der Waals surface area contributed by atoms with Gasteiger partial charge in [-0.3, -0.25) is 0 Å². The van der Waals surface area contributed by atoms with Crippen LogP contribution in [0.2, 0.25) is 0 Å². The molecule has 0 bridgehead atoms. The van der Waals surface area contributed by atoms with E-state index in [0.717, 1.165) is 13.2 Å². The van der Waals surface area contributed by atoms with E-state index in [1.165, 1.54) is 0 Å². The van der Waals surface area contributed by atoms with Crippen molar-refractivity contribution in [1.82, 2.24) is 0 Å². The van der Waals surface area contributed by atoms with Gasteiger partial charge in [0.15, 0.2) is 0 Å². The Morgan fingerprint density at radius 1 is 0.619 bits per heavy atom. The molecule has 0 saturated carbocycles. The summed E-state index contributed by atoms with van der Waals surface area (Å²) in [5, 5.41) is 48.0. The summed E-state index contributed by atoms with van der Waals surface area (Å²) in [6, 6.07) is 0. The summed E-state index contributed by atoms with van der Waals surface area (Å²) in [5.74, 6) is 1.34. The van der Waals surface area contributed by atoms with E-state index in [1.807, 2.05) is 0 Å². The molecule has 132 valence electrons. The number of ether oxygens (including phenoxy) is 1. The monoisotopic (exact) mass is 314 g/mol. The molecular formula is C14H34O7. The maximum atomic E-state index is 8.17. The topological polar surface area (TPSA) is 131 Å². The number of aliphatic hydroxyl groups is 6. The van der Waals surface area contributed by atoms with Gasteiger partial charge in [-0.15, -0.1) is 0 Å². The van der Waals surface area contributed by atoms with E-state index in [2.05, 4.69) is 27.7 Å². The summed E-state index contributed by atoms with van der Waals surface area (Å²) in [5.41, 5.74) is 0. The van der Waals surface area contributed by atoms with Crippen molar-refractivity contribution in [3.63, 3.8) is 0 Å². The predicted octanol–water partition coefficient (Wildman–Crippen LogP) is -1.02. The van der Waals surface area contributed by atoms with Crippen molar-refractivity contribution in [1.29, 1.82) is 0 Å². The molecule has 0 aromatic heterocycles. The zero-order chi connectivity index (χ0) is 17.3. The summed E-state index contributed by atoms with van der Waals surface area (Å²) < 4.78 is 5.36. The summed E-state index contributed by atoms with van der Waals surface area (Å²) in [4.78, 5) is 0. The van der Waals surface area contributed by atoms with E-state index < -0.39 is 12.2 Å². The van der Waals surface area contributed by atoms with Gasteiger partial charge in [-0.25, -0.2) is 0 Å². The highest BCUT2D eigenvalue weighted by molar-refractivity contribution is 4.44. The highest BCUT2D eigenvalue weighted by Crippen LogP contribution is 1.96. The zero-order valence-corrected chi connectivity index (χ0v) is 13.6. The lowest BCUT2D eigenvalue weighted by molar-refractivity contribution is 0.0450. The lowest BCUT2D eigenvalue weighted by Gasteiger charge is -2.07. The second-order valence-corrected chi connectivity index (χ2v) is 5.36. The van der Waals surface area contributed by atoms with Crippen LogP contribution in [-0.2, 0) is 4.74 Å². The first-order chi connectivity index (χ1) is 9.74. The maximum absolute atomic E-state index is 8.17. The van der Waals surface area contributed by atoms with Gasteiger partial charge in [0.05, 0.1) is 26.4 Å². The Hall–Kier alpha value is -0.280. The first kappa shape index (κ1) is 25.7. The molecule has 0 aliphatic rings. The van der Waals surface area contributed by atoms with Crippen LogP contribution in [0, 0.1) is 11.8 Å². The molecule has 0 aromatic rings. The van der Waals surface area contributed by atoms with Crippen LogP contribution < -0.4 is 0 Å². The van der Waals surface area contributed by atoms with E-state index in [4.69, 9.17) is 35.4 Å². The Bertz CT molecular complexity index is 151. The van der Waals surface area contributed by atoms with E-state index in [-0.39, 0.29) is 26.4 Å². The van der Waals surface area contributed by atoms with E-state index >= 15 is 0 Å². The molecule has 0 saturated heterocycles. The second kappa shape index (κ2) is 19.7. The lowest BCUT2D eigenvalue weighted by Crippen LogP contribution is -2.15.